The number of furan rings is 1. The number of nitrogens with one attached hydrogen (secondary N) is 1. The van der Waals surface area contributed by atoms with Gasteiger partial charge >= 0.3 is 0 Å². The number of aliphatic hydroxyl groups is 1. The molecule has 1 saturated carbocycles. The summed E-state index contributed by atoms with van der Waals surface area (Å²) in [5, 5.41) is 15.6. The van der Waals surface area contributed by atoms with E-state index >= 15 is 0 Å². The van der Waals surface area contributed by atoms with Gasteiger partial charge in [-0.25, -0.2) is 0 Å². The molecule has 0 atom stereocenters. The third-order valence-corrected chi connectivity index (χ3v) is 3.73. The first-order chi connectivity index (χ1) is 9.72. The highest BCUT2D eigenvalue weighted by Crippen LogP contribution is 2.47. The summed E-state index contributed by atoms with van der Waals surface area (Å²) in [6.45, 7) is 0.720. The van der Waals surface area contributed by atoms with Gasteiger partial charge in [-0.3, -0.25) is 4.79 Å². The van der Waals surface area contributed by atoms with Gasteiger partial charge < -0.3 is 19.4 Å². The number of hydrogen-bond donors (Lipinski definition) is 2. The molecule has 6 heteroatoms. The van der Waals surface area contributed by atoms with E-state index in [1.165, 1.54) is 6.26 Å². The molecule has 2 aromatic heterocycles. The van der Waals surface area contributed by atoms with E-state index in [9.17, 15) is 4.79 Å². The molecule has 2 N–H and O–H groups in total. The fourth-order valence-electron chi connectivity index (χ4n) is 2.20. The van der Waals surface area contributed by atoms with E-state index in [0.29, 0.717) is 18.1 Å². The third-order valence-electron chi connectivity index (χ3n) is 3.73. The predicted molar refractivity (Wildman–Crippen MR) is 69.9 cm³/mol. The number of aliphatic hydroxyl groups excluding tert-OH is 1. The smallest absolute Gasteiger partial charge is 0.273 e. The second kappa shape index (κ2) is 5.13. The molecule has 0 aromatic carbocycles. The second-order valence-corrected chi connectivity index (χ2v) is 5.21. The van der Waals surface area contributed by atoms with Crippen molar-refractivity contribution in [3.05, 3.63) is 30.2 Å². The van der Waals surface area contributed by atoms with Gasteiger partial charge in [0, 0.05) is 19.2 Å². The zero-order valence-electron chi connectivity index (χ0n) is 11.0. The number of hydrogen-bond acceptors (Lipinski definition) is 5. The number of rotatable bonds is 6. The molecule has 2 aromatic rings. The van der Waals surface area contributed by atoms with Crippen LogP contribution in [0.1, 0.15) is 29.8 Å². The Morgan fingerprint density at radius 2 is 2.30 bits per heavy atom. The molecule has 0 bridgehead atoms. The minimum absolute atomic E-state index is 0.0813. The standard InChI is InChI=1S/C14H16N2O4/c17-6-5-14(3-4-14)9-15-13(18)10-8-12(20-16-10)11-2-1-7-19-11/h1-2,7-8,17H,3-6,9H2,(H,15,18). The van der Waals surface area contributed by atoms with Crippen molar-refractivity contribution in [2.45, 2.75) is 19.3 Å². The molecule has 1 aliphatic rings. The Bertz CT molecular complexity index is 584. The van der Waals surface area contributed by atoms with Crippen LogP contribution in [0.4, 0.5) is 0 Å². The first kappa shape index (κ1) is 12.9. The lowest BCUT2D eigenvalue weighted by Crippen LogP contribution is -2.30. The van der Waals surface area contributed by atoms with Crippen LogP contribution in [0.3, 0.4) is 0 Å². The van der Waals surface area contributed by atoms with Crippen molar-refractivity contribution in [3.63, 3.8) is 0 Å². The van der Waals surface area contributed by atoms with Crippen LogP contribution >= 0.6 is 0 Å². The maximum Gasteiger partial charge on any atom is 0.273 e. The van der Waals surface area contributed by atoms with E-state index in [-0.39, 0.29) is 23.6 Å². The van der Waals surface area contributed by atoms with E-state index in [1.54, 1.807) is 18.2 Å². The summed E-state index contributed by atoms with van der Waals surface area (Å²) in [4.78, 5) is 12.0. The molecule has 1 aliphatic carbocycles. The molecule has 106 valence electrons. The Kier molecular flexibility index (Phi) is 3.31. The van der Waals surface area contributed by atoms with Gasteiger partial charge in [-0.15, -0.1) is 0 Å². The lowest BCUT2D eigenvalue weighted by molar-refractivity contribution is 0.0932. The molecule has 0 saturated heterocycles. The summed E-state index contributed by atoms with van der Waals surface area (Å²) in [5.41, 5.74) is 0.314. The van der Waals surface area contributed by atoms with Crippen molar-refractivity contribution in [1.82, 2.24) is 10.5 Å². The topological polar surface area (TPSA) is 88.5 Å². The fourth-order valence-corrected chi connectivity index (χ4v) is 2.20. The van der Waals surface area contributed by atoms with E-state index in [1.807, 2.05) is 0 Å². The Hall–Kier alpha value is -2.08. The van der Waals surface area contributed by atoms with Crippen molar-refractivity contribution in [2.24, 2.45) is 5.41 Å². The summed E-state index contributed by atoms with van der Waals surface area (Å²) in [5.74, 6) is 0.697. The summed E-state index contributed by atoms with van der Waals surface area (Å²) in [6, 6.07) is 5.03. The average Bonchev–Trinajstić information content (AvgIpc) is 2.89. The molecule has 3 rings (SSSR count). The molecule has 0 unspecified atom stereocenters. The maximum absolute atomic E-state index is 12.0. The molecular formula is C14H16N2O4. The largest absolute Gasteiger partial charge is 0.461 e. The van der Waals surface area contributed by atoms with Gasteiger partial charge in [0.25, 0.3) is 5.91 Å². The normalized spacial score (nSPS) is 16.1. The predicted octanol–water partition coefficient (Wildman–Crippen LogP) is 1.83. The van der Waals surface area contributed by atoms with Crippen LogP contribution < -0.4 is 5.32 Å². The van der Waals surface area contributed by atoms with Gasteiger partial charge in [0.1, 0.15) is 0 Å². The van der Waals surface area contributed by atoms with Crippen molar-refractivity contribution in [3.8, 4) is 11.5 Å². The van der Waals surface area contributed by atoms with Gasteiger partial charge in [-0.2, -0.15) is 0 Å². The lowest BCUT2D eigenvalue weighted by atomic mass is 10.0. The monoisotopic (exact) mass is 276 g/mol. The molecule has 1 amide bonds. The van der Waals surface area contributed by atoms with Crippen molar-refractivity contribution < 1.29 is 18.8 Å². The highest BCUT2D eigenvalue weighted by molar-refractivity contribution is 5.92. The first-order valence-electron chi connectivity index (χ1n) is 6.62. The zero-order valence-corrected chi connectivity index (χ0v) is 11.0. The van der Waals surface area contributed by atoms with Crippen LogP contribution in [-0.4, -0.2) is 29.3 Å². The van der Waals surface area contributed by atoms with E-state index in [0.717, 1.165) is 19.3 Å². The minimum atomic E-state index is -0.268. The first-order valence-corrected chi connectivity index (χ1v) is 6.62. The second-order valence-electron chi connectivity index (χ2n) is 5.21. The Balaban J connectivity index is 1.60. The van der Waals surface area contributed by atoms with Crippen LogP contribution in [0.2, 0.25) is 0 Å². The molecule has 0 spiro atoms. The van der Waals surface area contributed by atoms with E-state index in [4.69, 9.17) is 14.0 Å². The van der Waals surface area contributed by atoms with Gasteiger partial charge in [-0.1, -0.05) is 5.16 Å². The highest BCUT2D eigenvalue weighted by atomic mass is 16.5. The number of carbonyl (C=O) groups is 1. The minimum Gasteiger partial charge on any atom is -0.461 e. The van der Waals surface area contributed by atoms with Crippen molar-refractivity contribution in [2.75, 3.05) is 13.2 Å². The highest BCUT2D eigenvalue weighted by Gasteiger charge is 2.42. The molecule has 2 heterocycles. The Morgan fingerprint density at radius 1 is 1.45 bits per heavy atom. The summed E-state index contributed by atoms with van der Waals surface area (Å²) < 4.78 is 10.3. The lowest BCUT2D eigenvalue weighted by Gasteiger charge is -2.13. The van der Waals surface area contributed by atoms with Crippen LogP contribution in [0.25, 0.3) is 11.5 Å². The van der Waals surface area contributed by atoms with Gasteiger partial charge in [-0.05, 0) is 36.8 Å². The van der Waals surface area contributed by atoms with E-state index < -0.39 is 0 Å². The number of aromatic nitrogens is 1. The molecule has 0 radical (unpaired) electrons. The van der Waals surface area contributed by atoms with Crippen LogP contribution in [0, 0.1) is 5.41 Å². The molecular weight excluding hydrogens is 260 g/mol. The van der Waals surface area contributed by atoms with Gasteiger partial charge in [0.2, 0.25) is 5.76 Å². The van der Waals surface area contributed by atoms with Crippen molar-refractivity contribution in [1.29, 1.82) is 0 Å². The summed E-state index contributed by atoms with van der Waals surface area (Å²) in [6.07, 6.45) is 4.35. The number of nitrogens with zero attached hydrogens (tertiary/aromatic N) is 1. The van der Waals surface area contributed by atoms with Gasteiger partial charge in [0.15, 0.2) is 11.5 Å². The average molecular weight is 276 g/mol. The number of amides is 1. The van der Waals surface area contributed by atoms with Gasteiger partial charge in [0.05, 0.1) is 6.26 Å². The van der Waals surface area contributed by atoms with Crippen LogP contribution in [0.15, 0.2) is 33.4 Å². The number of carbonyl (C=O) groups excluding carboxylic acids is 1. The summed E-state index contributed by atoms with van der Waals surface area (Å²) >= 11 is 0. The summed E-state index contributed by atoms with van der Waals surface area (Å²) in [7, 11) is 0. The van der Waals surface area contributed by atoms with Crippen molar-refractivity contribution >= 4 is 5.91 Å². The van der Waals surface area contributed by atoms with E-state index in [2.05, 4.69) is 10.5 Å². The zero-order chi connectivity index (χ0) is 14.0. The fraction of sp³-hybridized carbons (Fsp3) is 0.429. The van der Waals surface area contributed by atoms with Crippen LogP contribution in [0.5, 0.6) is 0 Å². The molecule has 6 nitrogen and oxygen atoms in total. The third kappa shape index (κ3) is 2.60. The Morgan fingerprint density at radius 3 is 2.95 bits per heavy atom. The molecule has 20 heavy (non-hydrogen) atoms. The quantitative estimate of drug-likeness (QED) is 0.840. The maximum atomic E-state index is 12.0. The van der Waals surface area contributed by atoms with Crippen LogP contribution in [-0.2, 0) is 0 Å². The Labute approximate surface area is 115 Å². The SMILES string of the molecule is O=C(NCC1(CCO)CC1)c1cc(-c2ccco2)on1. The molecule has 1 fully saturated rings. The molecule has 0 aliphatic heterocycles.